The Morgan fingerprint density at radius 3 is 2.25 bits per heavy atom. The van der Waals surface area contributed by atoms with E-state index in [9.17, 15) is 39.9 Å². The minimum absolute atomic E-state index is 0.0439. The third-order valence-electron chi connectivity index (χ3n) is 13.8. The van der Waals surface area contributed by atoms with Crippen LogP contribution in [0.15, 0.2) is 65.5 Å². The highest BCUT2D eigenvalue weighted by Crippen LogP contribution is 2.55. The molecule has 7 rings (SSSR count). The summed E-state index contributed by atoms with van der Waals surface area (Å²) in [6, 6.07) is 7.59. The topological polar surface area (TPSA) is 229 Å². The van der Waals surface area contributed by atoms with E-state index in [0.717, 1.165) is 11.3 Å². The van der Waals surface area contributed by atoms with E-state index in [2.05, 4.69) is 10.2 Å². The first kappa shape index (κ1) is 52.2. The van der Waals surface area contributed by atoms with Crippen molar-refractivity contribution in [3.8, 4) is 28.7 Å². The summed E-state index contributed by atoms with van der Waals surface area (Å²) < 4.78 is 29.2. The van der Waals surface area contributed by atoms with Crippen LogP contribution in [0.3, 0.4) is 0 Å². The predicted octanol–water partition coefficient (Wildman–Crippen LogP) is 6.69. The Labute approximate surface area is 403 Å². The monoisotopic (exact) mass is 956 g/mol. The zero-order chi connectivity index (χ0) is 50.8. The number of aliphatic hydroxyl groups is 2. The van der Waals surface area contributed by atoms with Gasteiger partial charge >= 0.3 is 11.8 Å². The molecule has 4 aliphatic rings. The average molecular weight is 957 g/mol. The second-order valence-corrected chi connectivity index (χ2v) is 19.0. The van der Waals surface area contributed by atoms with E-state index in [1.54, 1.807) is 47.0 Å². The normalized spacial score (nSPS) is 31.2. The number of carbonyl (C=O) groups excluding carboxylic acids is 3. The van der Waals surface area contributed by atoms with Gasteiger partial charge in [-0.25, -0.2) is 0 Å². The van der Waals surface area contributed by atoms with Crippen molar-refractivity contribution in [2.24, 2.45) is 28.8 Å². The molecule has 11 atom stereocenters. The summed E-state index contributed by atoms with van der Waals surface area (Å²) in [7, 11) is 3.07. The molecule has 3 aromatic carbocycles. The number of allylic oxidation sites excluding steroid dienone is 2. The van der Waals surface area contributed by atoms with Crippen molar-refractivity contribution in [3.05, 3.63) is 82.7 Å². The first-order valence-electron chi connectivity index (χ1n) is 23.3. The number of hydrazone groups is 1. The van der Waals surface area contributed by atoms with Crippen molar-refractivity contribution in [1.29, 1.82) is 0 Å². The van der Waals surface area contributed by atoms with Gasteiger partial charge in [-0.2, -0.15) is 5.10 Å². The molecule has 0 radical (unpaired) electrons. The third-order valence-corrected chi connectivity index (χ3v) is 13.8. The lowest BCUT2D eigenvalue weighted by Crippen LogP contribution is -2.54. The van der Waals surface area contributed by atoms with Crippen LogP contribution in [0.4, 0.5) is 5.69 Å². The van der Waals surface area contributed by atoms with Gasteiger partial charge in [0.25, 0.3) is 11.7 Å². The fourth-order valence-electron chi connectivity index (χ4n) is 9.81. The van der Waals surface area contributed by atoms with E-state index in [0.29, 0.717) is 19.6 Å². The highest BCUT2D eigenvalue weighted by atomic mass is 16.7. The second kappa shape index (κ2) is 21.2. The lowest BCUT2D eigenvalue weighted by Gasteiger charge is -2.42. The molecule has 1 amide bonds. The van der Waals surface area contributed by atoms with Crippen LogP contribution >= 0.6 is 0 Å². The number of Topliss-reactive ketones (excluding diaryl/α,β-unsaturated/α-hetero) is 1. The molecule has 0 aromatic heterocycles. The minimum atomic E-state index is -2.07. The van der Waals surface area contributed by atoms with Crippen molar-refractivity contribution in [1.82, 2.24) is 9.91 Å². The van der Waals surface area contributed by atoms with Gasteiger partial charge in [-0.1, -0.05) is 58.1 Å². The molecule has 1 saturated heterocycles. The summed E-state index contributed by atoms with van der Waals surface area (Å²) in [5.74, 6) is -7.77. The number of hydrogen-bond acceptors (Lipinski definition) is 16. The van der Waals surface area contributed by atoms with Crippen molar-refractivity contribution < 1.29 is 63.6 Å². The number of fused-ring (bicyclic) bond motifs is 14. The maximum Gasteiger partial charge on any atom is 0.312 e. The Morgan fingerprint density at radius 2 is 1.61 bits per heavy atom. The Balaban J connectivity index is 1.47. The molecule has 4 aliphatic heterocycles. The van der Waals surface area contributed by atoms with Gasteiger partial charge in [0.2, 0.25) is 0 Å². The number of esters is 1. The average Bonchev–Trinajstić information content (AvgIpc) is 3.57. The number of aliphatic hydroxyl groups excluding tert-OH is 2. The Hall–Kier alpha value is -6.14. The molecule has 4 heterocycles. The van der Waals surface area contributed by atoms with Crippen LogP contribution in [0.1, 0.15) is 89.4 Å². The van der Waals surface area contributed by atoms with Gasteiger partial charge in [0.1, 0.15) is 29.1 Å². The number of piperazine rings is 1. The third kappa shape index (κ3) is 10.6. The maximum absolute atomic E-state index is 14.7. The first-order chi connectivity index (χ1) is 32.5. The van der Waals surface area contributed by atoms with Gasteiger partial charge in [-0.05, 0) is 51.5 Å². The van der Waals surface area contributed by atoms with Crippen LogP contribution in [0.25, 0.3) is 10.8 Å². The van der Waals surface area contributed by atoms with E-state index in [-0.39, 0.29) is 56.6 Å². The number of phenols is 3. The summed E-state index contributed by atoms with van der Waals surface area (Å²) in [5.41, 5.74) is 0.652. The Morgan fingerprint density at radius 1 is 0.928 bits per heavy atom. The standard InChI is InChI=1S/C52H68N4O13/c1-26-15-13-16-27(2)51(64)54-42-37(22-53-56-28(3)23-55(24-29(56)4)25-35-17-14-18-36(21-35)65-11)46(61)39-40(47(42)62)45(60)33(8)49-41(39)50(63)52(10,69-49)67-20-19-38(66-12)30(5)48(68-34(9)57)32(7)44(59)31(6)43(26)58/h13-22,26,28-32,38,43-44,48,58-62H,23-25H2,1-12H3,(H,54,64)/b15-13+,20-19+,27-16+,53-22+. The van der Waals surface area contributed by atoms with E-state index in [1.807, 2.05) is 43.1 Å². The predicted molar refractivity (Wildman–Crippen MR) is 260 cm³/mol. The number of ether oxygens (including phenoxy) is 5. The van der Waals surface area contributed by atoms with Crippen LogP contribution in [-0.4, -0.2) is 129 Å². The molecule has 17 nitrogen and oxygen atoms in total. The molecule has 5 bridgehead atoms. The zero-order valence-corrected chi connectivity index (χ0v) is 41.5. The number of rotatable bonds is 7. The quantitative estimate of drug-likeness (QED) is 0.0627. The molecule has 3 aromatic rings. The molecule has 69 heavy (non-hydrogen) atoms. The number of phenolic OH excluding ortho intramolecular Hbond substituents is 3. The summed E-state index contributed by atoms with van der Waals surface area (Å²) in [6.07, 6.45) is 4.84. The summed E-state index contributed by atoms with van der Waals surface area (Å²) >= 11 is 0. The van der Waals surface area contributed by atoms with Crippen molar-refractivity contribution in [2.45, 2.75) is 118 Å². The van der Waals surface area contributed by atoms with Gasteiger partial charge in [0.15, 0.2) is 5.75 Å². The number of carbonyl (C=O) groups is 3. The number of nitrogens with one attached hydrogen (secondary N) is 1. The SMILES string of the molecule is COc1cccc(CN2CC(C)N(/N=C/c3c4c(O)c5c(O)c(C)c6c(c5c3O)C(=O)C(C)(O/C=C/C(OC)C(C)C(OC(C)=O)C(C)C(O)C(C)C(O)C(C)/C=C/C=C(\C)C(=O)N4)O6)C(C)C2)c1. The largest absolute Gasteiger partial charge is 0.507 e. The molecule has 6 N–H and O–H groups in total. The molecule has 0 spiro atoms. The summed E-state index contributed by atoms with van der Waals surface area (Å²) in [5, 5.41) is 68.2. The molecule has 11 unspecified atom stereocenters. The van der Waals surface area contributed by atoms with Gasteiger partial charge in [0, 0.05) is 80.8 Å². The molecule has 0 aliphatic carbocycles. The van der Waals surface area contributed by atoms with Crippen LogP contribution in [-0.2, 0) is 30.3 Å². The lowest BCUT2D eigenvalue weighted by atomic mass is 9.78. The van der Waals surface area contributed by atoms with Gasteiger partial charge in [0.05, 0.1) is 72.2 Å². The molecular weight excluding hydrogens is 889 g/mol. The van der Waals surface area contributed by atoms with Gasteiger partial charge in [-0.3, -0.25) is 24.3 Å². The lowest BCUT2D eigenvalue weighted by molar-refractivity contribution is -0.160. The number of methoxy groups -OCH3 is 2. The van der Waals surface area contributed by atoms with Crippen LogP contribution < -0.4 is 14.8 Å². The summed E-state index contributed by atoms with van der Waals surface area (Å²) in [4.78, 5) is 43.4. The Bertz CT molecular complexity index is 2540. The summed E-state index contributed by atoms with van der Waals surface area (Å²) in [6.45, 7) is 18.5. The van der Waals surface area contributed by atoms with E-state index in [4.69, 9.17) is 28.8 Å². The smallest absolute Gasteiger partial charge is 0.312 e. The number of aromatic hydroxyl groups is 3. The molecule has 17 heteroatoms. The zero-order valence-electron chi connectivity index (χ0n) is 41.5. The van der Waals surface area contributed by atoms with Crippen molar-refractivity contribution in [3.63, 3.8) is 0 Å². The van der Waals surface area contributed by atoms with Gasteiger partial charge in [-0.15, -0.1) is 0 Å². The van der Waals surface area contributed by atoms with Gasteiger partial charge < -0.3 is 54.5 Å². The molecule has 374 valence electrons. The minimum Gasteiger partial charge on any atom is -0.507 e. The van der Waals surface area contributed by atoms with E-state index in [1.165, 1.54) is 59.4 Å². The Kier molecular flexibility index (Phi) is 16.1. The fourth-order valence-corrected chi connectivity index (χ4v) is 9.81. The van der Waals surface area contributed by atoms with Crippen molar-refractivity contribution in [2.75, 3.05) is 32.6 Å². The molecule has 1 fully saturated rings. The van der Waals surface area contributed by atoms with E-state index < -0.39 is 88.8 Å². The first-order valence-corrected chi connectivity index (χ1v) is 23.3. The number of ketones is 1. The van der Waals surface area contributed by atoms with E-state index >= 15 is 0 Å². The number of benzene rings is 3. The molecule has 0 saturated carbocycles. The van der Waals surface area contributed by atoms with Crippen LogP contribution in [0, 0.1) is 30.6 Å². The van der Waals surface area contributed by atoms with Crippen LogP contribution in [0.5, 0.6) is 28.7 Å². The fraction of sp³-hybridized carbons (Fsp3) is 0.500. The second-order valence-electron chi connectivity index (χ2n) is 19.0. The number of anilines is 1. The van der Waals surface area contributed by atoms with Crippen molar-refractivity contribution >= 4 is 40.3 Å². The number of hydrogen-bond donors (Lipinski definition) is 6. The number of amides is 1. The number of nitrogens with zero attached hydrogens (tertiary/aromatic N) is 3. The highest BCUT2D eigenvalue weighted by Gasteiger charge is 2.50. The van der Waals surface area contributed by atoms with Crippen LogP contribution in [0.2, 0.25) is 0 Å². The highest BCUT2D eigenvalue weighted by molar-refractivity contribution is 6.23. The maximum atomic E-state index is 14.7. The molecular formula is C52H68N4O13.